The summed E-state index contributed by atoms with van der Waals surface area (Å²) < 4.78 is 46.8. The normalized spacial score (nSPS) is 24.4. The summed E-state index contributed by atoms with van der Waals surface area (Å²) >= 11 is 0. The number of nitrogens with one attached hydrogen (secondary N) is 1. The van der Waals surface area contributed by atoms with Gasteiger partial charge >= 0.3 is 0 Å². The number of hydrogen-bond acceptors (Lipinski definition) is 6. The minimum absolute atomic E-state index is 0.0714. The molecule has 42 heavy (non-hydrogen) atoms. The highest BCUT2D eigenvalue weighted by atomic mass is 32.2. The summed E-state index contributed by atoms with van der Waals surface area (Å²) in [5, 5.41) is 17.3. The third-order valence-electron chi connectivity index (χ3n) is 8.87. The average molecular weight is 593 g/mol. The SMILES string of the molecule is CN=S1(=O)CCN(c2ccc(-c3cn(-c4ccc(F)cc4)nc3C3CCC(F)CC3C(=O)NC3(C#N)CC3)cc2)CC1. The zero-order chi connectivity index (χ0) is 29.5. The van der Waals surface area contributed by atoms with Gasteiger partial charge in [0.05, 0.1) is 17.5 Å². The Balaban J connectivity index is 1.35. The number of benzene rings is 2. The van der Waals surface area contributed by atoms with Crippen molar-refractivity contribution in [2.24, 2.45) is 10.3 Å². The Morgan fingerprint density at radius 3 is 2.38 bits per heavy atom. The Morgan fingerprint density at radius 2 is 1.76 bits per heavy atom. The van der Waals surface area contributed by atoms with Crippen LogP contribution in [0.5, 0.6) is 0 Å². The van der Waals surface area contributed by atoms with Crippen molar-refractivity contribution < 1.29 is 17.8 Å². The van der Waals surface area contributed by atoms with Crippen molar-refractivity contribution in [1.82, 2.24) is 15.1 Å². The van der Waals surface area contributed by atoms with Crippen LogP contribution in [0, 0.1) is 23.1 Å². The molecule has 2 aromatic carbocycles. The standard InChI is InChI=1S/C31H34F2N6O2S/c1-35-42(41)16-14-38(15-17-42)24-7-2-21(3-8-24)28-19-39(25-9-4-22(32)5-10-25)37-29(28)26-11-6-23(33)18-27(26)30(40)36-31(20-34)12-13-31/h2-5,7-10,19,23,26-27H,6,11-18H2,1H3,(H,36,40). The lowest BCUT2D eigenvalue weighted by Crippen LogP contribution is -2.44. The van der Waals surface area contributed by atoms with Crippen LogP contribution in [0.4, 0.5) is 14.5 Å². The number of halogens is 2. The van der Waals surface area contributed by atoms with Crippen LogP contribution in [0.3, 0.4) is 0 Å². The van der Waals surface area contributed by atoms with Gasteiger partial charge in [0, 0.05) is 70.7 Å². The molecule has 2 aliphatic carbocycles. The lowest BCUT2D eigenvalue weighted by Gasteiger charge is -2.32. The smallest absolute Gasteiger partial charge is 0.225 e. The third-order valence-corrected chi connectivity index (χ3v) is 11.2. The molecule has 1 amide bonds. The van der Waals surface area contributed by atoms with Crippen molar-refractivity contribution in [3.8, 4) is 22.9 Å². The van der Waals surface area contributed by atoms with Crippen molar-refractivity contribution in [3.05, 3.63) is 66.2 Å². The van der Waals surface area contributed by atoms with E-state index in [0.29, 0.717) is 61.7 Å². The predicted octanol–water partition coefficient (Wildman–Crippen LogP) is 4.99. The Morgan fingerprint density at radius 1 is 1.10 bits per heavy atom. The largest absolute Gasteiger partial charge is 0.370 e. The van der Waals surface area contributed by atoms with Gasteiger partial charge in [0.1, 0.15) is 17.5 Å². The zero-order valence-electron chi connectivity index (χ0n) is 23.5. The average Bonchev–Trinajstić information content (AvgIpc) is 3.65. The number of carbonyl (C=O) groups excluding carboxylic acids is 1. The molecule has 2 heterocycles. The lowest BCUT2D eigenvalue weighted by atomic mass is 9.74. The van der Waals surface area contributed by atoms with Crippen LogP contribution in [0.25, 0.3) is 16.8 Å². The lowest BCUT2D eigenvalue weighted by molar-refractivity contribution is -0.128. The first-order chi connectivity index (χ1) is 20.2. The van der Waals surface area contributed by atoms with E-state index < -0.39 is 27.4 Å². The highest BCUT2D eigenvalue weighted by Crippen LogP contribution is 2.44. The summed E-state index contributed by atoms with van der Waals surface area (Å²) in [6.45, 7) is 1.33. The summed E-state index contributed by atoms with van der Waals surface area (Å²) in [6.07, 6.45) is 2.82. The molecule has 3 aromatic rings. The van der Waals surface area contributed by atoms with Gasteiger partial charge < -0.3 is 10.2 Å². The van der Waals surface area contributed by atoms with Gasteiger partial charge in [0.2, 0.25) is 5.91 Å². The monoisotopic (exact) mass is 592 g/mol. The highest BCUT2D eigenvalue weighted by molar-refractivity contribution is 7.93. The molecule has 0 radical (unpaired) electrons. The van der Waals surface area contributed by atoms with Crippen LogP contribution in [0.1, 0.15) is 43.7 Å². The van der Waals surface area contributed by atoms with E-state index in [-0.39, 0.29) is 24.1 Å². The summed E-state index contributed by atoms with van der Waals surface area (Å²) in [6, 6.07) is 16.3. The minimum Gasteiger partial charge on any atom is -0.370 e. The first-order valence-corrected chi connectivity index (χ1v) is 16.3. The second-order valence-corrected chi connectivity index (χ2v) is 14.3. The molecule has 8 nitrogen and oxygen atoms in total. The molecule has 6 rings (SSSR count). The van der Waals surface area contributed by atoms with Crippen LogP contribution in [0.15, 0.2) is 59.1 Å². The number of amides is 1. The molecule has 1 aliphatic heterocycles. The molecule has 2 saturated carbocycles. The van der Waals surface area contributed by atoms with E-state index in [1.807, 2.05) is 30.5 Å². The van der Waals surface area contributed by atoms with Gasteiger partial charge in [-0.05, 0) is 74.1 Å². The Labute approximate surface area is 244 Å². The van der Waals surface area contributed by atoms with E-state index >= 15 is 0 Å². The first kappa shape index (κ1) is 28.3. The quantitative estimate of drug-likeness (QED) is 0.435. The number of hydrogen-bond donors (Lipinski definition) is 1. The van der Waals surface area contributed by atoms with Crippen LogP contribution in [-0.2, 0) is 14.5 Å². The Hall–Kier alpha value is -3.78. The maximum absolute atomic E-state index is 14.7. The first-order valence-electron chi connectivity index (χ1n) is 14.4. The molecule has 1 saturated heterocycles. The number of alkyl halides is 1. The molecule has 220 valence electrons. The van der Waals surface area contributed by atoms with E-state index in [0.717, 1.165) is 16.8 Å². The Bertz CT molecular complexity index is 1620. The number of carbonyl (C=O) groups is 1. The van der Waals surface area contributed by atoms with E-state index in [1.165, 1.54) is 12.1 Å². The number of nitrogens with zero attached hydrogens (tertiary/aromatic N) is 5. The topological polar surface area (TPSA) is 103 Å². The molecule has 3 fully saturated rings. The molecule has 11 heteroatoms. The van der Waals surface area contributed by atoms with Gasteiger partial charge in [-0.2, -0.15) is 10.4 Å². The van der Waals surface area contributed by atoms with Crippen LogP contribution in [0.2, 0.25) is 0 Å². The summed E-state index contributed by atoms with van der Waals surface area (Å²) in [7, 11) is -0.495. The van der Waals surface area contributed by atoms with Gasteiger partial charge in [-0.15, -0.1) is 0 Å². The fourth-order valence-electron chi connectivity index (χ4n) is 6.08. The molecule has 1 aromatic heterocycles. The van der Waals surface area contributed by atoms with Crippen molar-refractivity contribution in [1.29, 1.82) is 5.26 Å². The van der Waals surface area contributed by atoms with Crippen LogP contribution < -0.4 is 10.2 Å². The van der Waals surface area contributed by atoms with E-state index in [4.69, 9.17) is 5.10 Å². The molecule has 3 aliphatic rings. The van der Waals surface area contributed by atoms with Crippen molar-refractivity contribution >= 4 is 21.3 Å². The third kappa shape index (κ3) is 5.64. The molecule has 0 spiro atoms. The molecular formula is C31H34F2N6O2S. The maximum Gasteiger partial charge on any atom is 0.225 e. The molecule has 1 N–H and O–H groups in total. The molecule has 3 atom stereocenters. The number of aromatic nitrogens is 2. The summed E-state index contributed by atoms with van der Waals surface area (Å²) in [5.74, 6) is -0.606. The van der Waals surface area contributed by atoms with Crippen molar-refractivity contribution in [2.45, 2.75) is 49.7 Å². The fraction of sp³-hybridized carbons (Fsp3) is 0.452. The van der Waals surface area contributed by atoms with Gasteiger partial charge in [0.15, 0.2) is 0 Å². The van der Waals surface area contributed by atoms with Gasteiger partial charge in [-0.3, -0.25) is 4.79 Å². The van der Waals surface area contributed by atoms with Crippen LogP contribution in [-0.4, -0.2) is 63.3 Å². The van der Waals surface area contributed by atoms with E-state index in [2.05, 4.69) is 20.6 Å². The minimum atomic E-state index is -2.12. The summed E-state index contributed by atoms with van der Waals surface area (Å²) in [5.41, 5.74) is 3.24. The van der Waals surface area contributed by atoms with Crippen molar-refractivity contribution in [3.63, 3.8) is 0 Å². The number of anilines is 1. The second-order valence-electron chi connectivity index (χ2n) is 11.6. The van der Waals surface area contributed by atoms with E-state index in [1.54, 1.807) is 23.9 Å². The maximum atomic E-state index is 14.7. The Kier molecular flexibility index (Phi) is 7.51. The summed E-state index contributed by atoms with van der Waals surface area (Å²) in [4.78, 5) is 15.7. The predicted molar refractivity (Wildman–Crippen MR) is 158 cm³/mol. The van der Waals surface area contributed by atoms with Gasteiger partial charge in [-0.25, -0.2) is 22.0 Å². The fourth-order valence-corrected chi connectivity index (χ4v) is 7.66. The number of rotatable bonds is 6. The van der Waals surface area contributed by atoms with Crippen LogP contribution >= 0.6 is 0 Å². The van der Waals surface area contributed by atoms with Gasteiger partial charge in [0.25, 0.3) is 0 Å². The van der Waals surface area contributed by atoms with E-state index in [9.17, 15) is 23.0 Å². The van der Waals surface area contributed by atoms with Gasteiger partial charge in [-0.1, -0.05) is 12.1 Å². The zero-order valence-corrected chi connectivity index (χ0v) is 24.3. The van der Waals surface area contributed by atoms with Crippen molar-refractivity contribution in [2.75, 3.05) is 36.5 Å². The number of nitriles is 1. The second kappa shape index (κ2) is 11.1. The molecular weight excluding hydrogens is 558 g/mol. The molecule has 3 unspecified atom stereocenters. The highest BCUT2D eigenvalue weighted by Gasteiger charge is 2.48. The molecule has 0 bridgehead atoms.